The van der Waals surface area contributed by atoms with E-state index in [1.54, 1.807) is 6.08 Å². The molecule has 76 valence electrons. The first-order chi connectivity index (χ1) is 6.49. The molecular formula is C13H19N. The summed E-state index contributed by atoms with van der Waals surface area (Å²) in [6.07, 6.45) is 5.66. The van der Waals surface area contributed by atoms with E-state index in [9.17, 15) is 0 Å². The number of hydrogen-bond donors (Lipinski definition) is 1. The van der Waals surface area contributed by atoms with Gasteiger partial charge in [0.2, 0.25) is 0 Å². The van der Waals surface area contributed by atoms with E-state index in [2.05, 4.69) is 26.2 Å². The molecule has 0 aromatic rings. The van der Waals surface area contributed by atoms with Crippen LogP contribution in [0.25, 0.3) is 0 Å². The van der Waals surface area contributed by atoms with Crippen molar-refractivity contribution in [2.75, 3.05) is 0 Å². The zero-order valence-electron chi connectivity index (χ0n) is 9.52. The van der Waals surface area contributed by atoms with Gasteiger partial charge in [-0.2, -0.15) is 0 Å². The Hall–Kier alpha value is -1.46. The Bertz CT molecular complexity index is 330. The highest BCUT2D eigenvalue weighted by atomic mass is 14.6. The molecule has 0 rings (SSSR count). The number of allylic oxidation sites excluding steroid dienone is 6. The lowest BCUT2D eigenvalue weighted by Crippen LogP contribution is -2.00. The first-order valence-electron chi connectivity index (χ1n) is 4.63. The maximum atomic E-state index is 5.90. The van der Waals surface area contributed by atoms with Gasteiger partial charge in [-0.05, 0) is 51.0 Å². The molecule has 0 unspecified atom stereocenters. The van der Waals surface area contributed by atoms with E-state index in [0.29, 0.717) is 0 Å². The van der Waals surface area contributed by atoms with E-state index >= 15 is 0 Å². The first-order valence-corrected chi connectivity index (χ1v) is 4.63. The second kappa shape index (κ2) is 6.06. The summed E-state index contributed by atoms with van der Waals surface area (Å²) in [6.45, 7) is 11.6. The quantitative estimate of drug-likeness (QED) is 0.534. The fourth-order valence-corrected chi connectivity index (χ4v) is 0.881. The molecule has 0 atom stereocenters. The standard InChI is InChI=1S/C13H19N/c1-6-7-8-11(4)9-13(14)12(5)10(2)3/h7-9H,1,14H2,2-5H3/b11-8+,13-9+. The maximum absolute atomic E-state index is 5.90. The molecule has 0 saturated heterocycles. The molecule has 0 radical (unpaired) electrons. The number of rotatable bonds is 3. The van der Waals surface area contributed by atoms with Crippen LogP contribution in [0.15, 0.2) is 53.0 Å². The van der Waals surface area contributed by atoms with Crippen molar-refractivity contribution in [3.05, 3.63) is 53.0 Å². The molecule has 14 heavy (non-hydrogen) atoms. The van der Waals surface area contributed by atoms with Crippen molar-refractivity contribution in [3.8, 4) is 0 Å². The minimum absolute atomic E-state index is 0.816. The van der Waals surface area contributed by atoms with Crippen LogP contribution >= 0.6 is 0 Å². The highest BCUT2D eigenvalue weighted by molar-refractivity contribution is 5.36. The third-order valence-electron chi connectivity index (χ3n) is 2.03. The number of hydrogen-bond acceptors (Lipinski definition) is 1. The Morgan fingerprint density at radius 2 is 1.79 bits per heavy atom. The van der Waals surface area contributed by atoms with Crippen molar-refractivity contribution in [2.45, 2.75) is 27.7 Å². The fourth-order valence-electron chi connectivity index (χ4n) is 0.881. The van der Waals surface area contributed by atoms with Gasteiger partial charge in [0.15, 0.2) is 0 Å². The Labute approximate surface area is 87.0 Å². The van der Waals surface area contributed by atoms with Gasteiger partial charge in [0.1, 0.15) is 0 Å². The summed E-state index contributed by atoms with van der Waals surface area (Å²) in [5.41, 5.74) is 12.9. The average molecular weight is 189 g/mol. The molecule has 0 aromatic heterocycles. The summed E-state index contributed by atoms with van der Waals surface area (Å²) in [6, 6.07) is 0. The van der Waals surface area contributed by atoms with Crippen LogP contribution in [0.4, 0.5) is 0 Å². The van der Waals surface area contributed by atoms with Gasteiger partial charge in [0.25, 0.3) is 0 Å². The van der Waals surface area contributed by atoms with Crippen LogP contribution in [0.1, 0.15) is 27.7 Å². The summed E-state index contributed by atoms with van der Waals surface area (Å²) < 4.78 is 0. The third kappa shape index (κ3) is 4.54. The van der Waals surface area contributed by atoms with E-state index in [1.165, 1.54) is 5.57 Å². The van der Waals surface area contributed by atoms with Crippen molar-refractivity contribution in [2.24, 2.45) is 5.73 Å². The van der Waals surface area contributed by atoms with E-state index in [-0.39, 0.29) is 0 Å². The Balaban J connectivity index is 4.86. The van der Waals surface area contributed by atoms with Crippen molar-refractivity contribution in [1.82, 2.24) is 0 Å². The molecule has 2 N–H and O–H groups in total. The lowest BCUT2D eigenvalue weighted by atomic mass is 10.1. The SMILES string of the molecule is C=C=C/C=C(C)/C=C(/N)C(C)=C(C)C. The van der Waals surface area contributed by atoms with Crippen molar-refractivity contribution in [1.29, 1.82) is 0 Å². The molecule has 1 nitrogen and oxygen atoms in total. The largest absolute Gasteiger partial charge is 0.399 e. The van der Waals surface area contributed by atoms with Crippen LogP contribution in [0.3, 0.4) is 0 Å². The Morgan fingerprint density at radius 1 is 1.21 bits per heavy atom. The maximum Gasteiger partial charge on any atom is 0.0345 e. The summed E-state index contributed by atoms with van der Waals surface area (Å²) in [5, 5.41) is 0. The smallest absolute Gasteiger partial charge is 0.0345 e. The number of nitrogens with two attached hydrogens (primary N) is 1. The average Bonchev–Trinajstić information content (AvgIpc) is 2.13. The van der Waals surface area contributed by atoms with E-state index in [0.717, 1.165) is 16.8 Å². The molecule has 0 aliphatic heterocycles. The molecule has 0 spiro atoms. The molecule has 0 saturated carbocycles. The monoisotopic (exact) mass is 189 g/mol. The van der Waals surface area contributed by atoms with Gasteiger partial charge in [-0.3, -0.25) is 0 Å². The van der Waals surface area contributed by atoms with Crippen molar-refractivity contribution in [3.63, 3.8) is 0 Å². The molecule has 0 bridgehead atoms. The Morgan fingerprint density at radius 3 is 2.21 bits per heavy atom. The predicted octanol–water partition coefficient (Wildman–Crippen LogP) is 3.47. The molecule has 1 heteroatoms. The van der Waals surface area contributed by atoms with Gasteiger partial charge in [0.05, 0.1) is 0 Å². The van der Waals surface area contributed by atoms with Crippen LogP contribution in [-0.2, 0) is 0 Å². The van der Waals surface area contributed by atoms with Crippen molar-refractivity contribution < 1.29 is 0 Å². The predicted molar refractivity (Wildman–Crippen MR) is 63.8 cm³/mol. The van der Waals surface area contributed by atoms with Crippen LogP contribution in [0.5, 0.6) is 0 Å². The molecule has 0 heterocycles. The zero-order chi connectivity index (χ0) is 11.1. The lowest BCUT2D eigenvalue weighted by molar-refractivity contribution is 1.19. The van der Waals surface area contributed by atoms with Gasteiger partial charge in [-0.15, -0.1) is 5.73 Å². The minimum Gasteiger partial charge on any atom is -0.399 e. The molecule has 0 aliphatic rings. The second-order valence-electron chi connectivity index (χ2n) is 3.51. The zero-order valence-corrected chi connectivity index (χ0v) is 9.52. The summed E-state index contributed by atoms with van der Waals surface area (Å²) in [5.74, 6) is 0. The lowest BCUT2D eigenvalue weighted by Gasteiger charge is -2.04. The van der Waals surface area contributed by atoms with Crippen LogP contribution < -0.4 is 5.73 Å². The highest BCUT2D eigenvalue weighted by Crippen LogP contribution is 2.11. The topological polar surface area (TPSA) is 26.0 Å². The van der Waals surface area contributed by atoms with E-state index in [1.807, 2.05) is 26.0 Å². The minimum atomic E-state index is 0.816. The molecule has 0 amide bonds. The molecule has 0 fully saturated rings. The van der Waals surface area contributed by atoms with Gasteiger partial charge in [-0.25, -0.2) is 0 Å². The third-order valence-corrected chi connectivity index (χ3v) is 2.03. The highest BCUT2D eigenvalue weighted by Gasteiger charge is 1.95. The summed E-state index contributed by atoms with van der Waals surface area (Å²) >= 11 is 0. The molecular weight excluding hydrogens is 170 g/mol. The van der Waals surface area contributed by atoms with Gasteiger partial charge >= 0.3 is 0 Å². The van der Waals surface area contributed by atoms with Crippen LogP contribution in [0.2, 0.25) is 0 Å². The van der Waals surface area contributed by atoms with Gasteiger partial charge < -0.3 is 5.73 Å². The fraction of sp³-hybridized carbons (Fsp3) is 0.308. The van der Waals surface area contributed by atoms with Gasteiger partial charge in [0, 0.05) is 5.70 Å². The molecule has 0 aromatic carbocycles. The first kappa shape index (κ1) is 12.5. The van der Waals surface area contributed by atoms with Crippen molar-refractivity contribution >= 4 is 0 Å². The van der Waals surface area contributed by atoms with E-state index < -0.39 is 0 Å². The summed E-state index contributed by atoms with van der Waals surface area (Å²) in [4.78, 5) is 0. The van der Waals surface area contributed by atoms with Crippen LogP contribution in [-0.4, -0.2) is 0 Å². The van der Waals surface area contributed by atoms with Crippen LogP contribution in [0, 0.1) is 0 Å². The van der Waals surface area contributed by atoms with Gasteiger partial charge in [-0.1, -0.05) is 18.2 Å². The summed E-state index contributed by atoms with van der Waals surface area (Å²) in [7, 11) is 0. The second-order valence-corrected chi connectivity index (χ2v) is 3.51. The Kier molecular flexibility index (Phi) is 5.43. The normalized spacial score (nSPS) is 12.0. The van der Waals surface area contributed by atoms with E-state index in [4.69, 9.17) is 5.73 Å². The molecule has 0 aliphatic carbocycles.